The van der Waals surface area contributed by atoms with E-state index in [4.69, 9.17) is 29.4 Å². The van der Waals surface area contributed by atoms with Crippen LogP contribution >= 0.6 is 0 Å². The Kier molecular flexibility index (Phi) is 11.8. The van der Waals surface area contributed by atoms with Crippen LogP contribution in [0.5, 0.6) is 0 Å². The molecule has 0 amide bonds. The van der Waals surface area contributed by atoms with Crippen LogP contribution in [0.25, 0.3) is 0 Å². The maximum Gasteiger partial charge on any atom is 0.109 e. The van der Waals surface area contributed by atoms with Crippen molar-refractivity contribution in [3.63, 3.8) is 0 Å². The number of aliphatic hydroxyl groups is 2. The molecule has 3 atom stereocenters. The van der Waals surface area contributed by atoms with E-state index in [2.05, 4.69) is 0 Å². The summed E-state index contributed by atoms with van der Waals surface area (Å²) in [6.07, 6.45) is -1.63. The molecule has 0 aromatic heterocycles. The molecule has 0 bridgehead atoms. The topological polar surface area (TPSA) is 113 Å². The lowest BCUT2D eigenvalue weighted by atomic mass is 10.0. The highest BCUT2D eigenvalue weighted by molar-refractivity contribution is 4.80. The summed E-state index contributed by atoms with van der Waals surface area (Å²) >= 11 is 0. The van der Waals surface area contributed by atoms with Crippen LogP contribution in [-0.4, -0.2) is 94.5 Å². The summed E-state index contributed by atoms with van der Waals surface area (Å²) in [6.45, 7) is 4.66. The van der Waals surface area contributed by atoms with E-state index in [0.29, 0.717) is 65.8 Å². The molecule has 1 heterocycles. The number of hydrogen-bond acceptors (Lipinski definition) is 8. The minimum absolute atomic E-state index is 0.247. The molecule has 0 saturated carbocycles. The molecule has 0 aliphatic carbocycles. The van der Waals surface area contributed by atoms with Gasteiger partial charge in [-0.2, -0.15) is 0 Å². The Morgan fingerprint density at radius 2 is 1.41 bits per heavy atom. The first-order valence-electron chi connectivity index (χ1n) is 7.74. The summed E-state index contributed by atoms with van der Waals surface area (Å²) < 4.78 is 26.5. The summed E-state index contributed by atoms with van der Waals surface area (Å²) in [5, 5.41) is 19.2. The van der Waals surface area contributed by atoms with E-state index >= 15 is 0 Å². The molecular weight excluding hydrogens is 294 g/mol. The van der Waals surface area contributed by atoms with E-state index in [0.717, 1.165) is 0 Å². The first kappa shape index (κ1) is 19.7. The fourth-order valence-corrected chi connectivity index (χ4v) is 1.95. The third-order valence-corrected chi connectivity index (χ3v) is 3.18. The van der Waals surface area contributed by atoms with Gasteiger partial charge in [0.1, 0.15) is 12.2 Å². The normalized spacial score (nSPS) is 25.5. The van der Waals surface area contributed by atoms with E-state index in [9.17, 15) is 10.2 Å². The Balaban J connectivity index is 1.82. The highest BCUT2D eigenvalue weighted by atomic mass is 16.6. The Bertz CT molecular complexity index is 257. The van der Waals surface area contributed by atoms with E-state index in [-0.39, 0.29) is 6.61 Å². The lowest BCUT2D eigenvalue weighted by molar-refractivity contribution is -0.156. The third-order valence-electron chi connectivity index (χ3n) is 3.18. The van der Waals surface area contributed by atoms with Crippen molar-refractivity contribution in [2.75, 3.05) is 66.0 Å². The molecule has 1 fully saturated rings. The second kappa shape index (κ2) is 13.1. The average Bonchev–Trinajstić information content (AvgIpc) is 2.52. The standard InChI is InChI=1S/C14H29NO7/c15-2-4-18-5-6-19-7-8-20-9-10-21-11-13-14(17)12(16)1-3-22-13/h12-14,16-17H,1-11,15H2. The smallest absolute Gasteiger partial charge is 0.109 e. The number of ether oxygens (including phenoxy) is 5. The molecule has 1 rings (SSSR count). The molecule has 0 spiro atoms. The molecular formula is C14H29NO7. The van der Waals surface area contributed by atoms with Crippen LogP contribution in [0.1, 0.15) is 6.42 Å². The summed E-state index contributed by atoms with van der Waals surface area (Å²) in [6, 6.07) is 0. The number of hydrogen-bond donors (Lipinski definition) is 3. The van der Waals surface area contributed by atoms with Crippen molar-refractivity contribution < 1.29 is 33.9 Å². The van der Waals surface area contributed by atoms with Gasteiger partial charge in [-0.3, -0.25) is 0 Å². The van der Waals surface area contributed by atoms with Crippen molar-refractivity contribution in [1.29, 1.82) is 0 Å². The molecule has 1 saturated heterocycles. The van der Waals surface area contributed by atoms with Crippen molar-refractivity contribution in [3.05, 3.63) is 0 Å². The predicted octanol–water partition coefficient (Wildman–Crippen LogP) is -1.48. The maximum atomic E-state index is 9.69. The van der Waals surface area contributed by atoms with Crippen molar-refractivity contribution >= 4 is 0 Å². The Morgan fingerprint density at radius 3 is 2.00 bits per heavy atom. The number of aliphatic hydroxyl groups excluding tert-OH is 2. The van der Waals surface area contributed by atoms with E-state index < -0.39 is 18.3 Å². The second-order valence-corrected chi connectivity index (χ2v) is 4.96. The molecule has 1 aliphatic heterocycles. The Hall–Kier alpha value is -0.320. The molecule has 0 radical (unpaired) electrons. The monoisotopic (exact) mass is 323 g/mol. The predicted molar refractivity (Wildman–Crippen MR) is 78.7 cm³/mol. The van der Waals surface area contributed by atoms with E-state index in [1.807, 2.05) is 0 Å². The van der Waals surface area contributed by atoms with Crippen molar-refractivity contribution in [2.45, 2.75) is 24.7 Å². The quantitative estimate of drug-likeness (QED) is 0.352. The Labute approximate surface area is 131 Å². The zero-order valence-electron chi connectivity index (χ0n) is 13.0. The van der Waals surface area contributed by atoms with Gasteiger partial charge in [-0.1, -0.05) is 0 Å². The third kappa shape index (κ3) is 8.96. The summed E-state index contributed by atoms with van der Waals surface area (Å²) in [4.78, 5) is 0. The second-order valence-electron chi connectivity index (χ2n) is 4.96. The first-order chi connectivity index (χ1) is 10.8. The highest BCUT2D eigenvalue weighted by Gasteiger charge is 2.31. The van der Waals surface area contributed by atoms with Crippen molar-refractivity contribution in [3.8, 4) is 0 Å². The molecule has 8 nitrogen and oxygen atoms in total. The van der Waals surface area contributed by atoms with Crippen LogP contribution in [0.3, 0.4) is 0 Å². The summed E-state index contributed by atoms with van der Waals surface area (Å²) in [5.74, 6) is 0. The SMILES string of the molecule is NCCOCCOCCOCCOCC1OCCC(O)C1O. The van der Waals surface area contributed by atoms with Crippen molar-refractivity contribution in [1.82, 2.24) is 0 Å². The van der Waals surface area contributed by atoms with Crippen molar-refractivity contribution in [2.24, 2.45) is 5.73 Å². The number of nitrogens with two attached hydrogens (primary N) is 1. The zero-order chi connectivity index (χ0) is 16.0. The molecule has 132 valence electrons. The zero-order valence-corrected chi connectivity index (χ0v) is 13.0. The van der Waals surface area contributed by atoms with Crippen LogP contribution in [0, 0.1) is 0 Å². The average molecular weight is 323 g/mol. The minimum atomic E-state index is -0.885. The highest BCUT2D eigenvalue weighted by Crippen LogP contribution is 2.14. The summed E-state index contributed by atoms with van der Waals surface area (Å²) in [5.41, 5.74) is 5.28. The first-order valence-corrected chi connectivity index (χ1v) is 7.74. The van der Waals surface area contributed by atoms with Gasteiger partial charge >= 0.3 is 0 Å². The fraction of sp³-hybridized carbons (Fsp3) is 1.00. The van der Waals surface area contributed by atoms with Crippen LogP contribution in [0.2, 0.25) is 0 Å². The number of rotatable bonds is 13. The lowest BCUT2D eigenvalue weighted by Crippen LogP contribution is -2.46. The van der Waals surface area contributed by atoms with Gasteiger partial charge in [0, 0.05) is 13.2 Å². The van der Waals surface area contributed by atoms with Gasteiger partial charge in [-0.15, -0.1) is 0 Å². The van der Waals surface area contributed by atoms with E-state index in [1.54, 1.807) is 0 Å². The largest absolute Gasteiger partial charge is 0.390 e. The molecule has 0 aromatic rings. The van der Waals surface area contributed by atoms with Gasteiger partial charge < -0.3 is 39.6 Å². The molecule has 22 heavy (non-hydrogen) atoms. The van der Waals surface area contributed by atoms with Gasteiger partial charge in [0.05, 0.1) is 59.0 Å². The van der Waals surface area contributed by atoms with Crippen LogP contribution in [-0.2, 0) is 23.7 Å². The van der Waals surface area contributed by atoms with Gasteiger partial charge in [0.25, 0.3) is 0 Å². The van der Waals surface area contributed by atoms with Gasteiger partial charge in [0.15, 0.2) is 0 Å². The molecule has 4 N–H and O–H groups in total. The lowest BCUT2D eigenvalue weighted by Gasteiger charge is -2.31. The Morgan fingerprint density at radius 1 is 0.864 bits per heavy atom. The summed E-state index contributed by atoms with van der Waals surface area (Å²) in [7, 11) is 0. The van der Waals surface area contributed by atoms with Crippen LogP contribution in [0.4, 0.5) is 0 Å². The van der Waals surface area contributed by atoms with Gasteiger partial charge in [-0.05, 0) is 6.42 Å². The van der Waals surface area contributed by atoms with E-state index in [1.165, 1.54) is 0 Å². The molecule has 8 heteroatoms. The fourth-order valence-electron chi connectivity index (χ4n) is 1.95. The van der Waals surface area contributed by atoms with Crippen LogP contribution in [0.15, 0.2) is 0 Å². The maximum absolute atomic E-state index is 9.69. The molecule has 1 aliphatic rings. The molecule has 3 unspecified atom stereocenters. The van der Waals surface area contributed by atoms with Gasteiger partial charge in [-0.25, -0.2) is 0 Å². The van der Waals surface area contributed by atoms with Gasteiger partial charge in [0.2, 0.25) is 0 Å². The van der Waals surface area contributed by atoms with Crippen LogP contribution < -0.4 is 5.73 Å². The molecule has 0 aromatic carbocycles. The minimum Gasteiger partial charge on any atom is -0.390 e.